The number of benzene rings is 2. The fraction of sp³-hybridized carbons (Fsp3) is 0.294. The maximum absolute atomic E-state index is 6.24. The third-order valence-electron chi connectivity index (χ3n) is 3.78. The Bertz CT molecular complexity index is 585. The number of ether oxygens (including phenoxy) is 1. The molecular weight excluding hydrogens is 270 g/mol. The van der Waals surface area contributed by atoms with E-state index in [0.717, 1.165) is 30.6 Å². The number of hydrogen-bond acceptors (Lipinski definition) is 2. The van der Waals surface area contributed by atoms with Crippen molar-refractivity contribution >= 4 is 11.6 Å². The number of halogens is 1. The van der Waals surface area contributed by atoms with E-state index in [1.54, 1.807) is 0 Å². The average molecular weight is 288 g/mol. The van der Waals surface area contributed by atoms with Gasteiger partial charge in [0.2, 0.25) is 0 Å². The van der Waals surface area contributed by atoms with Gasteiger partial charge in [-0.2, -0.15) is 0 Å². The first-order chi connectivity index (χ1) is 9.72. The van der Waals surface area contributed by atoms with Crippen molar-refractivity contribution in [1.82, 2.24) is 0 Å². The van der Waals surface area contributed by atoms with Gasteiger partial charge in [-0.1, -0.05) is 41.9 Å². The second kappa shape index (κ2) is 5.86. The van der Waals surface area contributed by atoms with E-state index in [4.69, 9.17) is 22.1 Å². The molecule has 2 aromatic rings. The van der Waals surface area contributed by atoms with Crippen LogP contribution in [0.5, 0.6) is 5.75 Å². The summed E-state index contributed by atoms with van der Waals surface area (Å²) in [5.41, 5.74) is 8.60. The first-order valence-electron chi connectivity index (χ1n) is 6.98. The number of fused-ring (bicyclic) bond motifs is 1. The van der Waals surface area contributed by atoms with Crippen LogP contribution in [0.25, 0.3) is 0 Å². The monoisotopic (exact) mass is 287 g/mol. The van der Waals surface area contributed by atoms with Crippen LogP contribution in [0.3, 0.4) is 0 Å². The van der Waals surface area contributed by atoms with Crippen molar-refractivity contribution in [2.45, 2.75) is 31.4 Å². The topological polar surface area (TPSA) is 35.2 Å². The fourth-order valence-electron chi connectivity index (χ4n) is 2.70. The lowest BCUT2D eigenvalue weighted by Crippen LogP contribution is -2.29. The van der Waals surface area contributed by atoms with E-state index in [9.17, 15) is 0 Å². The lowest BCUT2D eigenvalue weighted by atomic mass is 9.94. The summed E-state index contributed by atoms with van der Waals surface area (Å²) in [5.74, 6) is 0.881. The summed E-state index contributed by atoms with van der Waals surface area (Å²) in [7, 11) is 0. The highest BCUT2D eigenvalue weighted by Gasteiger charge is 2.25. The van der Waals surface area contributed by atoms with Gasteiger partial charge in [-0.25, -0.2) is 0 Å². The molecule has 3 rings (SSSR count). The molecule has 0 saturated heterocycles. The number of aryl methyl sites for hydroxylation is 1. The van der Waals surface area contributed by atoms with Gasteiger partial charge in [0.05, 0.1) is 0 Å². The van der Waals surface area contributed by atoms with Gasteiger partial charge in [-0.05, 0) is 36.6 Å². The molecule has 0 saturated carbocycles. The van der Waals surface area contributed by atoms with Crippen LogP contribution >= 0.6 is 11.6 Å². The zero-order valence-corrected chi connectivity index (χ0v) is 12.0. The van der Waals surface area contributed by atoms with Crippen LogP contribution in [0.15, 0.2) is 48.5 Å². The minimum absolute atomic E-state index is 0.0122. The summed E-state index contributed by atoms with van der Waals surface area (Å²) in [6.07, 6.45) is 3.03. The molecule has 2 N–H and O–H groups in total. The molecule has 2 atom stereocenters. The second-order valence-corrected chi connectivity index (χ2v) is 5.72. The highest BCUT2D eigenvalue weighted by molar-refractivity contribution is 6.30. The molecule has 0 spiro atoms. The van der Waals surface area contributed by atoms with E-state index in [2.05, 4.69) is 24.3 Å². The summed E-state index contributed by atoms with van der Waals surface area (Å²) in [4.78, 5) is 0. The zero-order chi connectivity index (χ0) is 13.9. The van der Waals surface area contributed by atoms with Crippen molar-refractivity contribution in [3.63, 3.8) is 0 Å². The van der Waals surface area contributed by atoms with E-state index >= 15 is 0 Å². The summed E-state index contributed by atoms with van der Waals surface area (Å²) in [6.45, 7) is 0. The summed E-state index contributed by atoms with van der Waals surface area (Å²) in [5, 5.41) is 0.713. The SMILES string of the molecule is N[C@@H]1CC(CCc2ccccc2)Oc2ccc(Cl)cc21. The first kappa shape index (κ1) is 13.5. The van der Waals surface area contributed by atoms with Crippen LogP contribution in [-0.2, 0) is 6.42 Å². The molecule has 0 fully saturated rings. The Kier molecular flexibility index (Phi) is 3.95. The van der Waals surface area contributed by atoms with E-state index in [1.165, 1.54) is 5.56 Å². The molecule has 1 aliphatic heterocycles. The number of hydrogen-bond donors (Lipinski definition) is 1. The molecule has 1 aliphatic rings. The molecular formula is C17H18ClNO. The Morgan fingerprint density at radius 3 is 2.75 bits per heavy atom. The van der Waals surface area contributed by atoms with Crippen LogP contribution in [0.2, 0.25) is 5.02 Å². The van der Waals surface area contributed by atoms with E-state index in [0.29, 0.717) is 5.02 Å². The van der Waals surface area contributed by atoms with Gasteiger partial charge >= 0.3 is 0 Å². The molecule has 2 aromatic carbocycles. The second-order valence-electron chi connectivity index (χ2n) is 5.29. The lowest BCUT2D eigenvalue weighted by molar-refractivity contribution is 0.150. The Morgan fingerprint density at radius 2 is 1.95 bits per heavy atom. The molecule has 3 heteroatoms. The maximum atomic E-state index is 6.24. The maximum Gasteiger partial charge on any atom is 0.124 e. The third-order valence-corrected chi connectivity index (χ3v) is 4.01. The van der Waals surface area contributed by atoms with Crippen LogP contribution in [0.1, 0.15) is 30.0 Å². The summed E-state index contributed by atoms with van der Waals surface area (Å²) < 4.78 is 6.04. The Labute approximate surface area is 124 Å². The molecule has 104 valence electrons. The minimum Gasteiger partial charge on any atom is -0.490 e. The predicted molar refractivity (Wildman–Crippen MR) is 82.2 cm³/mol. The molecule has 20 heavy (non-hydrogen) atoms. The molecule has 0 aliphatic carbocycles. The van der Waals surface area contributed by atoms with Gasteiger partial charge in [-0.15, -0.1) is 0 Å². The van der Waals surface area contributed by atoms with E-state index < -0.39 is 0 Å². The predicted octanol–water partition coefficient (Wildman–Crippen LogP) is 4.12. The lowest BCUT2D eigenvalue weighted by Gasteiger charge is -2.30. The average Bonchev–Trinajstić information content (AvgIpc) is 2.47. The largest absolute Gasteiger partial charge is 0.490 e. The first-order valence-corrected chi connectivity index (χ1v) is 7.36. The van der Waals surface area contributed by atoms with Crippen LogP contribution < -0.4 is 10.5 Å². The minimum atomic E-state index is 0.0122. The van der Waals surface area contributed by atoms with Crippen molar-refractivity contribution in [2.75, 3.05) is 0 Å². The van der Waals surface area contributed by atoms with Gasteiger partial charge in [0.25, 0.3) is 0 Å². The van der Waals surface area contributed by atoms with Crippen LogP contribution in [0, 0.1) is 0 Å². The Morgan fingerprint density at radius 1 is 1.15 bits per heavy atom. The van der Waals surface area contributed by atoms with Gasteiger partial charge in [0.1, 0.15) is 11.9 Å². The number of nitrogens with two attached hydrogens (primary N) is 1. The molecule has 1 unspecified atom stereocenters. The highest BCUT2D eigenvalue weighted by Crippen LogP contribution is 2.36. The molecule has 0 radical (unpaired) electrons. The molecule has 0 amide bonds. The normalized spacial score (nSPS) is 21.1. The molecule has 2 nitrogen and oxygen atoms in total. The van der Waals surface area contributed by atoms with E-state index in [1.807, 2.05) is 24.3 Å². The molecule has 1 heterocycles. The van der Waals surface area contributed by atoms with Crippen molar-refractivity contribution in [2.24, 2.45) is 5.73 Å². The highest BCUT2D eigenvalue weighted by atomic mass is 35.5. The fourth-order valence-corrected chi connectivity index (χ4v) is 2.88. The van der Waals surface area contributed by atoms with Crippen molar-refractivity contribution in [1.29, 1.82) is 0 Å². The van der Waals surface area contributed by atoms with E-state index in [-0.39, 0.29) is 12.1 Å². The smallest absolute Gasteiger partial charge is 0.124 e. The van der Waals surface area contributed by atoms with Crippen LogP contribution in [-0.4, -0.2) is 6.10 Å². The van der Waals surface area contributed by atoms with Gasteiger partial charge in [0, 0.05) is 23.0 Å². The van der Waals surface area contributed by atoms with Crippen LogP contribution in [0.4, 0.5) is 0 Å². The molecule has 0 aromatic heterocycles. The zero-order valence-electron chi connectivity index (χ0n) is 11.3. The van der Waals surface area contributed by atoms with Crippen molar-refractivity contribution in [3.05, 3.63) is 64.7 Å². The number of rotatable bonds is 3. The Balaban J connectivity index is 1.67. The standard InChI is InChI=1S/C17H18ClNO/c18-13-7-9-17-15(10-13)16(19)11-14(20-17)8-6-12-4-2-1-3-5-12/h1-5,7,9-10,14,16H,6,8,11,19H2/t14?,16-/m1/s1. The molecule has 0 bridgehead atoms. The van der Waals surface area contributed by atoms with Crippen molar-refractivity contribution in [3.8, 4) is 5.75 Å². The van der Waals surface area contributed by atoms with Gasteiger partial charge in [0.15, 0.2) is 0 Å². The van der Waals surface area contributed by atoms with Gasteiger partial charge in [-0.3, -0.25) is 0 Å². The van der Waals surface area contributed by atoms with Crippen molar-refractivity contribution < 1.29 is 4.74 Å². The summed E-state index contributed by atoms with van der Waals surface area (Å²) >= 11 is 6.01. The third kappa shape index (κ3) is 2.97. The summed E-state index contributed by atoms with van der Waals surface area (Å²) in [6, 6.07) is 16.2. The Hall–Kier alpha value is -1.51. The quantitative estimate of drug-likeness (QED) is 0.921. The van der Waals surface area contributed by atoms with Gasteiger partial charge < -0.3 is 10.5 Å².